The minimum atomic E-state index is -0.650. The van der Waals surface area contributed by atoms with E-state index >= 15 is 0 Å². The Morgan fingerprint density at radius 2 is 2.32 bits per heavy atom. The zero-order valence-corrected chi connectivity index (χ0v) is 10.6. The minimum Gasteiger partial charge on any atom is -0.490 e. The van der Waals surface area contributed by atoms with Gasteiger partial charge in [-0.05, 0) is 18.2 Å². The molecule has 2 rings (SSSR count). The molecule has 1 heterocycles. The van der Waals surface area contributed by atoms with Crippen molar-refractivity contribution in [2.75, 3.05) is 19.7 Å². The summed E-state index contributed by atoms with van der Waals surface area (Å²) in [6, 6.07) is 7.60. The van der Waals surface area contributed by atoms with E-state index in [4.69, 9.17) is 15.3 Å². The van der Waals surface area contributed by atoms with E-state index in [9.17, 15) is 5.11 Å². The highest BCUT2D eigenvalue weighted by molar-refractivity contribution is 5.56. The van der Waals surface area contributed by atoms with E-state index in [1.165, 1.54) is 0 Å². The molecule has 1 aromatic rings. The molecule has 0 aromatic heterocycles. The summed E-state index contributed by atoms with van der Waals surface area (Å²) in [5.41, 5.74) is 6.26. The molecule has 0 saturated heterocycles. The van der Waals surface area contributed by atoms with Gasteiger partial charge in [0, 0.05) is 18.3 Å². The first-order valence-corrected chi connectivity index (χ1v) is 6.16. The number of nitrogens with zero attached hydrogens (tertiary/aromatic N) is 1. The van der Waals surface area contributed by atoms with Crippen LogP contribution in [0, 0.1) is 0 Å². The first-order valence-electron chi connectivity index (χ1n) is 6.16. The van der Waals surface area contributed by atoms with E-state index in [0.29, 0.717) is 5.75 Å². The Morgan fingerprint density at radius 1 is 1.47 bits per heavy atom. The molecule has 0 amide bonds. The zero-order valence-electron chi connectivity index (χ0n) is 10.6. The molecule has 3 N–H and O–H groups in total. The van der Waals surface area contributed by atoms with E-state index < -0.39 is 6.10 Å². The van der Waals surface area contributed by atoms with E-state index in [1.54, 1.807) is 11.3 Å². The molecule has 1 unspecified atom stereocenters. The van der Waals surface area contributed by atoms with Gasteiger partial charge in [0.2, 0.25) is 0 Å². The summed E-state index contributed by atoms with van der Waals surface area (Å²) in [5.74, 6) is 0.707. The van der Waals surface area contributed by atoms with Gasteiger partial charge in [-0.15, -0.1) is 0 Å². The molecule has 0 bridgehead atoms. The van der Waals surface area contributed by atoms with Crippen LogP contribution in [0.5, 0.6) is 5.75 Å². The summed E-state index contributed by atoms with van der Waals surface area (Å²) in [7, 11) is 0. The van der Waals surface area contributed by atoms with Crippen molar-refractivity contribution in [2.45, 2.75) is 6.10 Å². The van der Waals surface area contributed by atoms with Crippen LogP contribution < -0.4 is 10.5 Å². The molecule has 1 aliphatic heterocycles. The van der Waals surface area contributed by atoms with E-state index in [1.807, 2.05) is 42.6 Å². The van der Waals surface area contributed by atoms with Crippen LogP contribution >= 0.6 is 0 Å². The Balaban J connectivity index is 1.99. The number of aliphatic hydroxyl groups excluding tert-OH is 1. The highest BCUT2D eigenvalue weighted by Crippen LogP contribution is 2.20. The number of hydroxylamine groups is 2. The van der Waals surface area contributed by atoms with Crippen molar-refractivity contribution in [2.24, 2.45) is 5.73 Å². The van der Waals surface area contributed by atoms with Gasteiger partial charge in [-0.2, -0.15) is 0 Å². The summed E-state index contributed by atoms with van der Waals surface area (Å²) in [6.07, 6.45) is 6.65. The van der Waals surface area contributed by atoms with Crippen molar-refractivity contribution >= 4 is 6.08 Å². The predicted octanol–water partition coefficient (Wildman–Crippen LogP) is 1.12. The van der Waals surface area contributed by atoms with Gasteiger partial charge in [-0.25, -0.2) is 5.06 Å². The maximum atomic E-state index is 9.41. The Hall–Kier alpha value is -1.98. The number of hydrogen-bond donors (Lipinski definition) is 2. The van der Waals surface area contributed by atoms with Crippen LogP contribution in [0.25, 0.3) is 6.08 Å². The highest BCUT2D eigenvalue weighted by atomic mass is 16.7. The van der Waals surface area contributed by atoms with Crippen LogP contribution in [0.2, 0.25) is 0 Å². The number of ether oxygens (including phenoxy) is 1. The largest absolute Gasteiger partial charge is 0.490 e. The lowest BCUT2D eigenvalue weighted by atomic mass is 10.2. The third-order valence-electron chi connectivity index (χ3n) is 2.62. The van der Waals surface area contributed by atoms with Crippen LogP contribution in [-0.2, 0) is 4.84 Å². The summed E-state index contributed by atoms with van der Waals surface area (Å²) in [5, 5.41) is 11.1. The van der Waals surface area contributed by atoms with Crippen LogP contribution in [0.15, 0.2) is 42.8 Å². The maximum absolute atomic E-state index is 9.41. The van der Waals surface area contributed by atoms with Gasteiger partial charge in [0.25, 0.3) is 0 Å². The predicted molar refractivity (Wildman–Crippen MR) is 73.0 cm³/mol. The molecule has 19 heavy (non-hydrogen) atoms. The fourth-order valence-corrected chi connectivity index (χ4v) is 1.57. The van der Waals surface area contributed by atoms with Gasteiger partial charge in [0.15, 0.2) is 0 Å². The minimum absolute atomic E-state index is 0.184. The van der Waals surface area contributed by atoms with Gasteiger partial charge in [-0.3, -0.25) is 0 Å². The first-order chi connectivity index (χ1) is 9.29. The second kappa shape index (κ2) is 6.82. The number of para-hydroxylation sites is 1. The molecule has 0 aliphatic carbocycles. The van der Waals surface area contributed by atoms with Gasteiger partial charge >= 0.3 is 0 Å². The van der Waals surface area contributed by atoms with Gasteiger partial charge in [-0.1, -0.05) is 18.2 Å². The van der Waals surface area contributed by atoms with Crippen molar-refractivity contribution in [3.63, 3.8) is 0 Å². The molecule has 5 nitrogen and oxygen atoms in total. The molecule has 5 heteroatoms. The van der Waals surface area contributed by atoms with Crippen molar-refractivity contribution in [1.29, 1.82) is 0 Å². The monoisotopic (exact) mass is 262 g/mol. The lowest BCUT2D eigenvalue weighted by molar-refractivity contribution is -0.0251. The van der Waals surface area contributed by atoms with Crippen LogP contribution in [0.4, 0.5) is 0 Å². The number of aliphatic hydroxyl groups is 1. The molecule has 1 atom stereocenters. The molecular weight excluding hydrogens is 244 g/mol. The number of hydrogen-bond acceptors (Lipinski definition) is 5. The maximum Gasteiger partial charge on any atom is 0.126 e. The number of nitrogens with two attached hydrogens (primary N) is 1. The second-order valence-electron chi connectivity index (χ2n) is 4.13. The molecule has 0 spiro atoms. The van der Waals surface area contributed by atoms with Crippen molar-refractivity contribution in [1.82, 2.24) is 5.06 Å². The Labute approximate surface area is 112 Å². The Bertz CT molecular complexity index is 452. The summed E-state index contributed by atoms with van der Waals surface area (Å²) >= 11 is 0. The second-order valence-corrected chi connectivity index (χ2v) is 4.13. The summed E-state index contributed by atoms with van der Waals surface area (Å²) in [4.78, 5) is 5.20. The quantitative estimate of drug-likeness (QED) is 0.804. The third-order valence-corrected chi connectivity index (χ3v) is 2.62. The third kappa shape index (κ3) is 4.01. The Kier molecular flexibility index (Phi) is 4.83. The van der Waals surface area contributed by atoms with Gasteiger partial charge in [0.1, 0.15) is 24.7 Å². The average Bonchev–Trinajstić information content (AvgIpc) is 2.96. The lowest BCUT2D eigenvalue weighted by Crippen LogP contribution is -2.26. The molecule has 1 aliphatic rings. The first kappa shape index (κ1) is 13.5. The summed E-state index contributed by atoms with van der Waals surface area (Å²) < 4.78 is 5.55. The molecular formula is C14H18N2O3. The molecule has 1 aromatic carbocycles. The molecule has 0 fully saturated rings. The highest BCUT2D eigenvalue weighted by Gasteiger charge is 2.06. The average molecular weight is 262 g/mol. The smallest absolute Gasteiger partial charge is 0.126 e. The normalized spacial score (nSPS) is 15.8. The summed E-state index contributed by atoms with van der Waals surface area (Å²) in [6.45, 7) is 1.10. The van der Waals surface area contributed by atoms with Crippen LogP contribution in [0.3, 0.4) is 0 Å². The number of rotatable bonds is 6. The van der Waals surface area contributed by atoms with Crippen molar-refractivity contribution < 1.29 is 14.7 Å². The Morgan fingerprint density at radius 3 is 3.05 bits per heavy atom. The molecule has 0 saturated carbocycles. The lowest BCUT2D eigenvalue weighted by Gasteiger charge is -2.13. The van der Waals surface area contributed by atoms with E-state index in [0.717, 1.165) is 12.1 Å². The SMILES string of the molecule is NCC(O)COc1ccccc1/C=C/N1CC=CO1. The fraction of sp³-hybridized carbons (Fsp3) is 0.286. The number of benzene rings is 1. The fourth-order valence-electron chi connectivity index (χ4n) is 1.57. The van der Waals surface area contributed by atoms with Crippen LogP contribution in [0.1, 0.15) is 5.56 Å². The van der Waals surface area contributed by atoms with E-state index in [2.05, 4.69) is 0 Å². The van der Waals surface area contributed by atoms with Gasteiger partial charge < -0.3 is 20.4 Å². The molecule has 102 valence electrons. The van der Waals surface area contributed by atoms with Crippen molar-refractivity contribution in [3.8, 4) is 5.75 Å². The van der Waals surface area contributed by atoms with Crippen molar-refractivity contribution in [3.05, 3.63) is 48.4 Å². The zero-order chi connectivity index (χ0) is 13.5. The topological polar surface area (TPSA) is 68.0 Å². The van der Waals surface area contributed by atoms with Gasteiger partial charge in [0.05, 0.1) is 6.54 Å². The van der Waals surface area contributed by atoms with Crippen LogP contribution in [-0.4, -0.2) is 36.0 Å². The van der Waals surface area contributed by atoms with E-state index in [-0.39, 0.29) is 13.2 Å². The standard InChI is InChI=1S/C14H18N2O3/c15-10-13(17)11-18-14-5-2-1-4-12(14)6-8-16-7-3-9-19-16/h1-6,8-9,13,17H,7,10-11,15H2/b8-6+. The molecule has 0 radical (unpaired) electrons.